The topological polar surface area (TPSA) is 117 Å². The minimum Gasteiger partial charge on any atom is -0.480 e. The number of aliphatic imine (C=N–C) groups is 2. The Morgan fingerprint density at radius 2 is 2.29 bits per heavy atom. The van der Waals surface area contributed by atoms with Crippen LogP contribution in [0.1, 0.15) is 19.8 Å². The van der Waals surface area contributed by atoms with E-state index in [4.69, 9.17) is 10.8 Å². The van der Waals surface area contributed by atoms with Gasteiger partial charge in [0, 0.05) is 25.6 Å². The highest BCUT2D eigenvalue weighted by molar-refractivity contribution is 5.88. The van der Waals surface area contributed by atoms with Crippen molar-refractivity contribution in [2.75, 3.05) is 6.54 Å². The molecule has 94 valence electrons. The van der Waals surface area contributed by atoms with E-state index in [2.05, 4.69) is 15.3 Å². The van der Waals surface area contributed by atoms with Gasteiger partial charge in [0.15, 0.2) is 0 Å². The van der Waals surface area contributed by atoms with E-state index >= 15 is 0 Å². The summed E-state index contributed by atoms with van der Waals surface area (Å²) in [6.45, 7) is 1.63. The Bertz CT molecular complexity index is 355. The van der Waals surface area contributed by atoms with Crippen molar-refractivity contribution in [3.63, 3.8) is 0 Å². The molecule has 0 aromatic rings. The molecule has 7 heteroatoms. The first-order chi connectivity index (χ1) is 7.98. The van der Waals surface area contributed by atoms with E-state index in [1.165, 1.54) is 13.3 Å². The lowest BCUT2D eigenvalue weighted by Gasteiger charge is -2.27. The third-order valence-corrected chi connectivity index (χ3v) is 2.46. The van der Waals surface area contributed by atoms with Crippen LogP contribution >= 0.6 is 0 Å². The highest BCUT2D eigenvalue weighted by atomic mass is 16.4. The molecule has 0 aliphatic carbocycles. The van der Waals surface area contributed by atoms with Gasteiger partial charge < -0.3 is 16.2 Å². The Kier molecular flexibility index (Phi) is 4.33. The maximum atomic E-state index is 11.4. The van der Waals surface area contributed by atoms with Crippen LogP contribution in [0.2, 0.25) is 0 Å². The van der Waals surface area contributed by atoms with Crippen molar-refractivity contribution in [1.82, 2.24) is 5.32 Å². The fourth-order valence-corrected chi connectivity index (χ4v) is 1.52. The van der Waals surface area contributed by atoms with Crippen molar-refractivity contribution in [3.8, 4) is 0 Å². The smallest absolute Gasteiger partial charge is 0.329 e. The number of aliphatic carboxylic acids is 1. The molecule has 4 N–H and O–H groups in total. The number of carboxylic acids is 1. The summed E-state index contributed by atoms with van der Waals surface area (Å²) >= 11 is 0. The molecular weight excluding hydrogens is 224 g/mol. The maximum absolute atomic E-state index is 11.4. The number of nitrogens with two attached hydrogens (primary N) is 1. The first kappa shape index (κ1) is 13.3. The van der Waals surface area contributed by atoms with E-state index in [1.807, 2.05) is 0 Å². The summed E-state index contributed by atoms with van der Waals surface area (Å²) in [5.74, 6) is -1.48. The summed E-state index contributed by atoms with van der Waals surface area (Å²) in [4.78, 5) is 30.4. The summed E-state index contributed by atoms with van der Waals surface area (Å²) in [6.07, 6.45) is 3.19. The van der Waals surface area contributed by atoms with Gasteiger partial charge in [0.05, 0.1) is 6.04 Å². The Morgan fingerprint density at radius 1 is 1.59 bits per heavy atom. The van der Waals surface area contributed by atoms with Crippen LogP contribution in [0.25, 0.3) is 0 Å². The molecule has 0 spiro atoms. The number of rotatable bonds is 6. The largest absolute Gasteiger partial charge is 0.480 e. The molecule has 2 atom stereocenters. The molecule has 0 fully saturated rings. The Labute approximate surface area is 98.8 Å². The second-order valence-electron chi connectivity index (χ2n) is 4.06. The number of nitrogens with zero attached hydrogens (tertiary/aromatic N) is 2. The molecule has 0 aromatic carbocycles. The predicted octanol–water partition coefficient (Wildman–Crippen LogP) is -0.834. The van der Waals surface area contributed by atoms with Gasteiger partial charge in [-0.1, -0.05) is 0 Å². The van der Waals surface area contributed by atoms with Crippen LogP contribution in [0.5, 0.6) is 0 Å². The van der Waals surface area contributed by atoms with E-state index in [9.17, 15) is 9.59 Å². The SMILES string of the molecule is C[C@@](CC1C=NC=N1)(NC(=O)CCN)C(=O)O. The second kappa shape index (κ2) is 5.53. The molecule has 0 saturated carbocycles. The van der Waals surface area contributed by atoms with Gasteiger partial charge in [-0.25, -0.2) is 9.79 Å². The van der Waals surface area contributed by atoms with Gasteiger partial charge in [0.25, 0.3) is 0 Å². The van der Waals surface area contributed by atoms with Gasteiger partial charge in [-0.3, -0.25) is 9.79 Å². The minimum atomic E-state index is -1.36. The molecule has 17 heavy (non-hydrogen) atoms. The van der Waals surface area contributed by atoms with Crippen LogP contribution in [-0.2, 0) is 9.59 Å². The molecule has 0 saturated heterocycles. The molecule has 0 bridgehead atoms. The van der Waals surface area contributed by atoms with Gasteiger partial charge in [0.2, 0.25) is 5.91 Å². The van der Waals surface area contributed by atoms with Crippen LogP contribution in [0, 0.1) is 0 Å². The van der Waals surface area contributed by atoms with Crippen molar-refractivity contribution < 1.29 is 14.7 Å². The van der Waals surface area contributed by atoms with Crippen LogP contribution in [-0.4, -0.2) is 47.7 Å². The summed E-state index contributed by atoms with van der Waals surface area (Å²) < 4.78 is 0. The third kappa shape index (κ3) is 3.63. The highest BCUT2D eigenvalue weighted by Crippen LogP contribution is 2.16. The number of nitrogens with one attached hydrogen (secondary N) is 1. The van der Waals surface area contributed by atoms with Crippen molar-refractivity contribution in [2.24, 2.45) is 15.7 Å². The van der Waals surface area contributed by atoms with Gasteiger partial charge in [-0.05, 0) is 6.92 Å². The van der Waals surface area contributed by atoms with Crippen molar-refractivity contribution in [1.29, 1.82) is 0 Å². The average molecular weight is 240 g/mol. The monoisotopic (exact) mass is 240 g/mol. The van der Waals surface area contributed by atoms with E-state index < -0.39 is 11.5 Å². The molecule has 1 aliphatic rings. The Balaban J connectivity index is 2.67. The van der Waals surface area contributed by atoms with E-state index in [1.54, 1.807) is 6.21 Å². The molecule has 1 unspecified atom stereocenters. The van der Waals surface area contributed by atoms with Crippen LogP contribution in [0.3, 0.4) is 0 Å². The Hall–Kier alpha value is -1.76. The van der Waals surface area contributed by atoms with Crippen molar-refractivity contribution in [2.45, 2.75) is 31.3 Å². The second-order valence-corrected chi connectivity index (χ2v) is 4.06. The molecule has 0 aromatic heterocycles. The lowest BCUT2D eigenvalue weighted by molar-refractivity contribution is -0.147. The summed E-state index contributed by atoms with van der Waals surface area (Å²) in [5, 5.41) is 11.6. The van der Waals surface area contributed by atoms with Crippen molar-refractivity contribution in [3.05, 3.63) is 0 Å². The van der Waals surface area contributed by atoms with E-state index in [-0.39, 0.29) is 31.3 Å². The molecule has 1 rings (SSSR count). The maximum Gasteiger partial charge on any atom is 0.329 e. The zero-order valence-electron chi connectivity index (χ0n) is 9.59. The lowest BCUT2D eigenvalue weighted by Crippen LogP contribution is -2.54. The van der Waals surface area contributed by atoms with E-state index in [0.29, 0.717) is 0 Å². The zero-order valence-corrected chi connectivity index (χ0v) is 9.59. The quantitative estimate of drug-likeness (QED) is 0.561. The Morgan fingerprint density at radius 3 is 2.76 bits per heavy atom. The first-order valence-corrected chi connectivity index (χ1v) is 5.27. The number of carbonyl (C=O) groups is 2. The number of hydrogen-bond acceptors (Lipinski definition) is 5. The first-order valence-electron chi connectivity index (χ1n) is 5.27. The normalized spacial score (nSPS) is 21.2. The van der Waals surface area contributed by atoms with Crippen LogP contribution in [0.4, 0.5) is 0 Å². The van der Waals surface area contributed by atoms with Gasteiger partial charge in [-0.2, -0.15) is 0 Å². The summed E-state index contributed by atoms with van der Waals surface area (Å²) in [7, 11) is 0. The predicted molar refractivity (Wildman–Crippen MR) is 63.2 cm³/mol. The standard InChI is InChI=1S/C10H16N4O3/c1-10(9(16)17,14-8(15)2-3-11)4-7-5-12-6-13-7/h5-7H,2-4,11H2,1H3,(H,14,15)(H,16,17)/t7?,10-/m0/s1. The molecule has 7 nitrogen and oxygen atoms in total. The minimum absolute atomic E-state index is 0.102. The fraction of sp³-hybridized carbons (Fsp3) is 0.600. The summed E-state index contributed by atoms with van der Waals surface area (Å²) in [6, 6.07) is -0.311. The molecule has 1 heterocycles. The zero-order chi connectivity index (χ0) is 12.9. The van der Waals surface area contributed by atoms with E-state index in [0.717, 1.165) is 0 Å². The number of carboxylic acid groups (broad SMARTS) is 1. The average Bonchev–Trinajstić information content (AvgIpc) is 2.69. The number of amides is 1. The van der Waals surface area contributed by atoms with Gasteiger partial charge in [-0.15, -0.1) is 0 Å². The van der Waals surface area contributed by atoms with Gasteiger partial charge >= 0.3 is 5.97 Å². The number of hydrogen-bond donors (Lipinski definition) is 3. The van der Waals surface area contributed by atoms with Gasteiger partial charge in [0.1, 0.15) is 11.9 Å². The van der Waals surface area contributed by atoms with Crippen LogP contribution < -0.4 is 11.1 Å². The third-order valence-electron chi connectivity index (χ3n) is 2.46. The van der Waals surface area contributed by atoms with Crippen LogP contribution in [0.15, 0.2) is 9.98 Å². The fourth-order valence-electron chi connectivity index (χ4n) is 1.52. The van der Waals surface area contributed by atoms with Crippen molar-refractivity contribution >= 4 is 24.4 Å². The molecular formula is C10H16N4O3. The lowest BCUT2D eigenvalue weighted by atomic mass is 9.93. The summed E-state index contributed by atoms with van der Waals surface area (Å²) in [5.41, 5.74) is 3.88. The molecule has 1 amide bonds. The molecule has 1 aliphatic heterocycles. The highest BCUT2D eigenvalue weighted by Gasteiger charge is 2.37. The number of carbonyl (C=O) groups excluding carboxylic acids is 1. The molecule has 0 radical (unpaired) electrons.